The predicted molar refractivity (Wildman–Crippen MR) is 58.3 cm³/mol. The van der Waals surface area contributed by atoms with Gasteiger partial charge in [0.05, 0.1) is 5.69 Å². The average Bonchev–Trinajstić information content (AvgIpc) is 2.24. The monoisotopic (exact) mass is 225 g/mol. The molecule has 0 radical (unpaired) electrons. The Bertz CT molecular complexity index is 370. The van der Waals surface area contributed by atoms with Crippen LogP contribution in [0.25, 0.3) is 0 Å². The molecule has 0 aliphatic carbocycles. The number of hydrogen-bond acceptors (Lipinski definition) is 5. The van der Waals surface area contributed by atoms with Gasteiger partial charge in [-0.1, -0.05) is 6.07 Å². The molecule has 1 aromatic rings. The topological polar surface area (TPSA) is 108 Å². The second-order valence-corrected chi connectivity index (χ2v) is 3.44. The first kappa shape index (κ1) is 12.4. The molecule has 0 fully saturated rings. The largest absolute Gasteiger partial charge is 0.388 e. The number of nitrogen functional groups attached to an aromatic ring is 1. The number of carbonyl (C=O) groups excluding carboxylic acids is 1. The Hall–Kier alpha value is -1.66. The number of carbonyl (C=O) groups is 1. The number of aliphatic hydroxyl groups excluding tert-OH is 2. The molecule has 0 saturated heterocycles. The van der Waals surface area contributed by atoms with Gasteiger partial charge in [0.2, 0.25) is 5.91 Å². The summed E-state index contributed by atoms with van der Waals surface area (Å²) >= 11 is 0. The zero-order valence-corrected chi connectivity index (χ0v) is 8.92. The second kappa shape index (κ2) is 5.43. The summed E-state index contributed by atoms with van der Waals surface area (Å²) < 4.78 is 0. The third-order valence-electron chi connectivity index (χ3n) is 2.02. The molecular weight excluding hydrogens is 210 g/mol. The zero-order valence-electron chi connectivity index (χ0n) is 8.92. The summed E-state index contributed by atoms with van der Waals surface area (Å²) in [5.41, 5.74) is 5.72. The fourth-order valence-corrected chi connectivity index (χ4v) is 1.19. The summed E-state index contributed by atoms with van der Waals surface area (Å²) in [5.74, 6) is -0.00457. The lowest BCUT2D eigenvalue weighted by atomic mass is 10.1. The van der Waals surface area contributed by atoms with Gasteiger partial charge in [-0.05, 0) is 12.1 Å². The summed E-state index contributed by atoms with van der Waals surface area (Å²) in [7, 11) is 0. The van der Waals surface area contributed by atoms with Gasteiger partial charge in [0.15, 0.2) is 0 Å². The molecule has 0 aliphatic heterocycles. The van der Waals surface area contributed by atoms with Crippen LogP contribution in [0.15, 0.2) is 18.2 Å². The van der Waals surface area contributed by atoms with Crippen molar-refractivity contribution < 1.29 is 15.0 Å². The van der Waals surface area contributed by atoms with Crippen molar-refractivity contribution in [3.05, 3.63) is 23.9 Å². The van der Waals surface area contributed by atoms with E-state index in [1.807, 2.05) is 0 Å². The number of nitrogens with zero attached hydrogens (tertiary/aromatic N) is 1. The van der Waals surface area contributed by atoms with Crippen molar-refractivity contribution in [2.45, 2.75) is 19.1 Å². The smallest absolute Gasteiger partial charge is 0.216 e. The van der Waals surface area contributed by atoms with Crippen molar-refractivity contribution in [2.75, 3.05) is 12.3 Å². The van der Waals surface area contributed by atoms with E-state index < -0.39 is 12.2 Å². The summed E-state index contributed by atoms with van der Waals surface area (Å²) in [6, 6.07) is 4.76. The lowest BCUT2D eigenvalue weighted by molar-refractivity contribution is -0.119. The number of anilines is 1. The van der Waals surface area contributed by atoms with Crippen LogP contribution in [0.5, 0.6) is 0 Å². The maximum Gasteiger partial charge on any atom is 0.216 e. The SMILES string of the molecule is CC(=O)NCC(O)C(O)c1cccc(N)n1. The quantitative estimate of drug-likeness (QED) is 0.536. The number of pyridine rings is 1. The third kappa shape index (κ3) is 3.48. The predicted octanol–water partition coefficient (Wildman–Crippen LogP) is -0.806. The third-order valence-corrected chi connectivity index (χ3v) is 2.02. The highest BCUT2D eigenvalue weighted by Crippen LogP contribution is 2.15. The molecule has 6 heteroatoms. The molecule has 1 amide bonds. The van der Waals surface area contributed by atoms with Crippen molar-refractivity contribution in [1.82, 2.24) is 10.3 Å². The maximum atomic E-state index is 10.6. The molecule has 5 N–H and O–H groups in total. The highest BCUT2D eigenvalue weighted by atomic mass is 16.3. The van der Waals surface area contributed by atoms with E-state index >= 15 is 0 Å². The first-order valence-corrected chi connectivity index (χ1v) is 4.83. The number of nitrogens with one attached hydrogen (secondary N) is 1. The van der Waals surface area contributed by atoms with Crippen LogP contribution in [0.2, 0.25) is 0 Å². The fraction of sp³-hybridized carbons (Fsp3) is 0.400. The van der Waals surface area contributed by atoms with E-state index in [2.05, 4.69) is 10.3 Å². The summed E-state index contributed by atoms with van der Waals surface area (Å²) in [6.07, 6.45) is -2.28. The Morgan fingerprint density at radius 1 is 1.56 bits per heavy atom. The average molecular weight is 225 g/mol. The van der Waals surface area contributed by atoms with Gasteiger partial charge in [0.25, 0.3) is 0 Å². The molecular formula is C10H15N3O3. The number of nitrogens with two attached hydrogens (primary N) is 1. The standard InChI is InChI=1S/C10H15N3O3/c1-6(14)12-5-8(15)10(16)7-3-2-4-9(11)13-7/h2-4,8,10,15-16H,5H2,1H3,(H2,11,13)(H,12,14). The minimum absolute atomic E-state index is 0.0347. The van der Waals surface area contributed by atoms with Gasteiger partial charge in [0.1, 0.15) is 18.0 Å². The molecule has 6 nitrogen and oxygen atoms in total. The summed E-state index contributed by atoms with van der Waals surface area (Å²) in [5, 5.41) is 21.7. The normalized spacial score (nSPS) is 14.2. The van der Waals surface area contributed by atoms with Gasteiger partial charge in [-0.2, -0.15) is 0 Å². The number of aliphatic hydroxyl groups is 2. The van der Waals surface area contributed by atoms with E-state index in [9.17, 15) is 15.0 Å². The van der Waals surface area contributed by atoms with E-state index in [-0.39, 0.29) is 24.0 Å². The molecule has 88 valence electrons. The number of amides is 1. The van der Waals surface area contributed by atoms with Gasteiger partial charge >= 0.3 is 0 Å². The molecule has 0 aromatic carbocycles. The number of rotatable bonds is 4. The van der Waals surface area contributed by atoms with E-state index in [1.165, 1.54) is 6.92 Å². The lowest BCUT2D eigenvalue weighted by Crippen LogP contribution is -2.34. The second-order valence-electron chi connectivity index (χ2n) is 3.44. The fourth-order valence-electron chi connectivity index (χ4n) is 1.19. The van der Waals surface area contributed by atoms with Gasteiger partial charge in [0, 0.05) is 13.5 Å². The van der Waals surface area contributed by atoms with Gasteiger partial charge in [-0.15, -0.1) is 0 Å². The molecule has 1 heterocycles. The molecule has 0 bridgehead atoms. The molecule has 1 aromatic heterocycles. The van der Waals surface area contributed by atoms with E-state index in [0.29, 0.717) is 0 Å². The number of hydrogen-bond donors (Lipinski definition) is 4. The molecule has 2 atom stereocenters. The van der Waals surface area contributed by atoms with Crippen molar-refractivity contribution in [3.8, 4) is 0 Å². The molecule has 16 heavy (non-hydrogen) atoms. The van der Waals surface area contributed by atoms with Crippen LogP contribution in [-0.2, 0) is 4.79 Å². The van der Waals surface area contributed by atoms with Crippen molar-refractivity contribution in [1.29, 1.82) is 0 Å². The van der Waals surface area contributed by atoms with Crippen molar-refractivity contribution >= 4 is 11.7 Å². The Morgan fingerprint density at radius 2 is 2.25 bits per heavy atom. The minimum Gasteiger partial charge on any atom is -0.388 e. The summed E-state index contributed by atoms with van der Waals surface area (Å²) in [6.45, 7) is 1.30. The molecule has 0 spiro atoms. The van der Waals surface area contributed by atoms with Gasteiger partial charge in [-0.25, -0.2) is 4.98 Å². The van der Waals surface area contributed by atoms with Crippen molar-refractivity contribution in [2.24, 2.45) is 0 Å². The van der Waals surface area contributed by atoms with Crippen LogP contribution in [0.1, 0.15) is 18.7 Å². The zero-order chi connectivity index (χ0) is 12.1. The Labute approximate surface area is 93.1 Å². The molecule has 1 rings (SSSR count). The highest BCUT2D eigenvalue weighted by Gasteiger charge is 2.19. The van der Waals surface area contributed by atoms with Crippen LogP contribution in [0, 0.1) is 0 Å². The van der Waals surface area contributed by atoms with E-state index in [0.717, 1.165) is 0 Å². The minimum atomic E-state index is -1.17. The summed E-state index contributed by atoms with van der Waals surface area (Å²) in [4.78, 5) is 14.5. The van der Waals surface area contributed by atoms with Crippen LogP contribution in [0.3, 0.4) is 0 Å². The highest BCUT2D eigenvalue weighted by molar-refractivity contribution is 5.72. The molecule has 0 aliphatic rings. The van der Waals surface area contributed by atoms with Crippen LogP contribution in [-0.4, -0.2) is 33.8 Å². The Kier molecular flexibility index (Phi) is 4.21. The lowest BCUT2D eigenvalue weighted by Gasteiger charge is -2.17. The number of aromatic nitrogens is 1. The first-order valence-electron chi connectivity index (χ1n) is 4.83. The van der Waals surface area contributed by atoms with Crippen LogP contribution in [0.4, 0.5) is 5.82 Å². The first-order chi connectivity index (χ1) is 7.50. The van der Waals surface area contributed by atoms with Gasteiger partial charge < -0.3 is 21.3 Å². The van der Waals surface area contributed by atoms with Crippen molar-refractivity contribution in [3.63, 3.8) is 0 Å². The van der Waals surface area contributed by atoms with E-state index in [4.69, 9.17) is 5.73 Å². The Balaban J connectivity index is 2.62. The Morgan fingerprint density at radius 3 is 2.81 bits per heavy atom. The van der Waals surface area contributed by atoms with E-state index in [1.54, 1.807) is 18.2 Å². The molecule has 2 unspecified atom stereocenters. The van der Waals surface area contributed by atoms with Gasteiger partial charge in [-0.3, -0.25) is 4.79 Å². The van der Waals surface area contributed by atoms with Crippen LogP contribution >= 0.6 is 0 Å². The molecule has 0 saturated carbocycles. The maximum absolute atomic E-state index is 10.6. The van der Waals surface area contributed by atoms with Crippen LogP contribution < -0.4 is 11.1 Å².